The zero-order valence-electron chi connectivity index (χ0n) is 20.2. The summed E-state index contributed by atoms with van der Waals surface area (Å²) in [7, 11) is 0. The Balaban J connectivity index is 2.07. The van der Waals surface area contributed by atoms with Crippen LogP contribution >= 0.6 is 0 Å². The summed E-state index contributed by atoms with van der Waals surface area (Å²) in [6.45, 7) is -0.885. The van der Waals surface area contributed by atoms with Gasteiger partial charge in [-0.1, -0.05) is 18.2 Å². The number of hydrogen-bond donors (Lipinski definition) is 9. The van der Waals surface area contributed by atoms with Crippen LogP contribution in [0, 0.1) is 0 Å². The van der Waals surface area contributed by atoms with Crippen LogP contribution in [0.25, 0.3) is 10.9 Å². The van der Waals surface area contributed by atoms with E-state index in [1.807, 2.05) is 29.6 Å². The van der Waals surface area contributed by atoms with Crippen LogP contribution in [0.1, 0.15) is 24.8 Å². The number of hydrogen-bond acceptors (Lipinski definition) is 8. The fourth-order valence-corrected chi connectivity index (χ4v) is 3.59. The van der Waals surface area contributed by atoms with Crippen LogP contribution in [0.3, 0.4) is 0 Å². The Morgan fingerprint density at radius 2 is 1.50 bits per heavy atom. The first kappa shape index (κ1) is 29.7. The quantitative estimate of drug-likeness (QED) is 0.114. The fourth-order valence-electron chi connectivity index (χ4n) is 3.59. The van der Waals surface area contributed by atoms with Gasteiger partial charge in [-0.2, -0.15) is 0 Å². The number of carbonyl (C=O) groups is 6. The molecule has 0 fully saturated rings. The van der Waals surface area contributed by atoms with Gasteiger partial charge in [0.05, 0.1) is 19.1 Å². The molecule has 1 aromatic heterocycles. The Morgan fingerprint density at radius 3 is 2.11 bits per heavy atom. The molecule has 0 bridgehead atoms. The minimum atomic E-state index is -1.72. The molecule has 0 aliphatic rings. The van der Waals surface area contributed by atoms with Crippen molar-refractivity contribution in [3.05, 3.63) is 36.0 Å². The van der Waals surface area contributed by atoms with Crippen LogP contribution in [0.2, 0.25) is 0 Å². The van der Waals surface area contributed by atoms with Gasteiger partial charge in [0, 0.05) is 23.5 Å². The first-order valence-corrected chi connectivity index (χ1v) is 11.5. The summed E-state index contributed by atoms with van der Waals surface area (Å²) >= 11 is 0. The van der Waals surface area contributed by atoms with Gasteiger partial charge in [-0.3, -0.25) is 24.0 Å². The Bertz CT molecular complexity index is 1200. The Kier molecular flexibility index (Phi) is 10.7. The SMILES string of the molecule is NC(=O)CC(NC(=O)C(CCC(=O)O)NC(=O)C(CO)NC(=O)C(N)Cc1c[nH]c2ccccc12)C(=O)O. The number of primary amides is 1. The van der Waals surface area contributed by atoms with Crippen molar-refractivity contribution in [2.24, 2.45) is 11.5 Å². The van der Waals surface area contributed by atoms with Gasteiger partial charge < -0.3 is 47.7 Å². The molecule has 1 heterocycles. The van der Waals surface area contributed by atoms with E-state index in [-0.39, 0.29) is 6.42 Å². The van der Waals surface area contributed by atoms with Crippen LogP contribution < -0.4 is 27.4 Å². The molecule has 38 heavy (non-hydrogen) atoms. The van der Waals surface area contributed by atoms with Crippen LogP contribution in [0.5, 0.6) is 0 Å². The van der Waals surface area contributed by atoms with Gasteiger partial charge in [0.15, 0.2) is 0 Å². The maximum atomic E-state index is 12.7. The zero-order valence-corrected chi connectivity index (χ0v) is 20.2. The van der Waals surface area contributed by atoms with E-state index in [1.165, 1.54) is 0 Å². The second-order valence-corrected chi connectivity index (χ2v) is 8.48. The Hall–Kier alpha value is -4.50. The number of para-hydroxylation sites is 1. The van der Waals surface area contributed by atoms with Crippen LogP contribution in [0.15, 0.2) is 30.5 Å². The Morgan fingerprint density at radius 1 is 0.895 bits per heavy atom. The molecule has 11 N–H and O–H groups in total. The predicted molar refractivity (Wildman–Crippen MR) is 131 cm³/mol. The highest BCUT2D eigenvalue weighted by Crippen LogP contribution is 2.18. The molecule has 0 aliphatic heterocycles. The number of carboxylic acid groups (broad SMARTS) is 2. The summed E-state index contributed by atoms with van der Waals surface area (Å²) in [5.74, 6) is -6.83. The number of fused-ring (bicyclic) bond motifs is 1. The second kappa shape index (κ2) is 13.7. The molecule has 4 amide bonds. The number of benzene rings is 1. The monoisotopic (exact) mass is 534 g/mol. The van der Waals surface area contributed by atoms with Gasteiger partial charge in [0.2, 0.25) is 23.6 Å². The molecule has 0 saturated carbocycles. The summed E-state index contributed by atoms with van der Waals surface area (Å²) in [5, 5.41) is 35.2. The number of aliphatic hydroxyl groups is 1. The van der Waals surface area contributed by atoms with Crippen molar-refractivity contribution in [1.29, 1.82) is 0 Å². The Labute approximate surface area is 215 Å². The van der Waals surface area contributed by atoms with Gasteiger partial charge >= 0.3 is 11.9 Å². The molecular formula is C23H30N6O9. The van der Waals surface area contributed by atoms with Gasteiger partial charge in [-0.05, 0) is 24.5 Å². The maximum Gasteiger partial charge on any atom is 0.326 e. The molecule has 0 aliphatic carbocycles. The highest BCUT2D eigenvalue weighted by atomic mass is 16.4. The number of aliphatic hydroxyl groups excluding tert-OH is 1. The summed E-state index contributed by atoms with van der Waals surface area (Å²) in [6.07, 6.45) is 0.0158. The number of carboxylic acids is 2. The lowest BCUT2D eigenvalue weighted by atomic mass is 10.0. The van der Waals surface area contributed by atoms with E-state index in [4.69, 9.17) is 16.6 Å². The van der Waals surface area contributed by atoms with E-state index in [0.29, 0.717) is 0 Å². The van der Waals surface area contributed by atoms with Crippen molar-refractivity contribution >= 4 is 46.5 Å². The van der Waals surface area contributed by atoms with Crippen molar-refractivity contribution in [2.75, 3.05) is 6.61 Å². The lowest BCUT2D eigenvalue weighted by molar-refractivity contribution is -0.144. The molecule has 15 heteroatoms. The molecule has 0 radical (unpaired) electrons. The first-order valence-electron chi connectivity index (χ1n) is 11.5. The number of rotatable bonds is 15. The van der Waals surface area contributed by atoms with Crippen molar-refractivity contribution in [3.8, 4) is 0 Å². The topological polar surface area (TPSA) is 267 Å². The van der Waals surface area contributed by atoms with E-state index in [1.54, 1.807) is 6.20 Å². The summed E-state index contributed by atoms with van der Waals surface area (Å²) < 4.78 is 0. The highest BCUT2D eigenvalue weighted by Gasteiger charge is 2.31. The third-order valence-electron chi connectivity index (χ3n) is 5.57. The highest BCUT2D eigenvalue weighted by molar-refractivity contribution is 5.95. The number of aromatic nitrogens is 1. The van der Waals surface area contributed by atoms with Crippen LogP contribution in [0.4, 0.5) is 0 Å². The van der Waals surface area contributed by atoms with Crippen molar-refractivity contribution in [2.45, 2.75) is 49.9 Å². The lowest BCUT2D eigenvalue weighted by Gasteiger charge is -2.24. The van der Waals surface area contributed by atoms with Gasteiger partial charge in [0.1, 0.15) is 18.1 Å². The number of nitrogens with one attached hydrogen (secondary N) is 4. The van der Waals surface area contributed by atoms with E-state index in [0.717, 1.165) is 16.5 Å². The molecule has 2 rings (SSSR count). The average molecular weight is 535 g/mol. The summed E-state index contributed by atoms with van der Waals surface area (Å²) in [4.78, 5) is 74.4. The normalized spacial score (nSPS) is 14.1. The zero-order chi connectivity index (χ0) is 28.4. The largest absolute Gasteiger partial charge is 0.481 e. The standard InChI is InChI=1S/C23H30N6O9/c24-13(7-11-9-26-14-4-2-1-3-12(11)14)20(34)29-17(10-30)22(36)27-15(5-6-19(32)33)21(35)28-16(23(37)38)8-18(25)31/h1-4,9,13,15-17,26,30H,5-8,10,24H2,(H2,25,31)(H,27,36)(H,28,35)(H,29,34)(H,32,33)(H,37,38). The molecular weight excluding hydrogens is 504 g/mol. The molecule has 0 saturated heterocycles. The molecule has 2 aromatic rings. The summed E-state index contributed by atoms with van der Waals surface area (Å²) in [5.41, 5.74) is 12.6. The average Bonchev–Trinajstić information content (AvgIpc) is 3.26. The van der Waals surface area contributed by atoms with E-state index in [2.05, 4.69) is 15.6 Å². The summed E-state index contributed by atoms with van der Waals surface area (Å²) in [6, 6.07) is 1.39. The van der Waals surface area contributed by atoms with Gasteiger partial charge in [0.25, 0.3) is 0 Å². The fraction of sp³-hybridized carbons (Fsp3) is 0.391. The molecule has 206 valence electrons. The third kappa shape index (κ3) is 8.56. The van der Waals surface area contributed by atoms with Gasteiger partial charge in [-0.25, -0.2) is 4.79 Å². The van der Waals surface area contributed by atoms with E-state index >= 15 is 0 Å². The number of carbonyl (C=O) groups excluding carboxylic acids is 4. The smallest absolute Gasteiger partial charge is 0.326 e. The lowest BCUT2D eigenvalue weighted by Crippen LogP contribution is -2.58. The second-order valence-electron chi connectivity index (χ2n) is 8.48. The molecule has 1 aromatic carbocycles. The van der Waals surface area contributed by atoms with E-state index in [9.17, 15) is 39.0 Å². The maximum absolute atomic E-state index is 12.7. The number of H-pyrrole nitrogens is 1. The molecule has 4 unspecified atom stereocenters. The minimum absolute atomic E-state index is 0.107. The number of aromatic amines is 1. The van der Waals surface area contributed by atoms with Crippen LogP contribution in [-0.4, -0.2) is 86.6 Å². The van der Waals surface area contributed by atoms with Gasteiger partial charge in [-0.15, -0.1) is 0 Å². The molecule has 0 spiro atoms. The number of nitrogens with two attached hydrogens (primary N) is 2. The van der Waals surface area contributed by atoms with E-state index < -0.39 is 85.6 Å². The number of aliphatic carboxylic acids is 2. The van der Waals surface area contributed by atoms with Crippen molar-refractivity contribution in [1.82, 2.24) is 20.9 Å². The molecule has 4 atom stereocenters. The predicted octanol–water partition coefficient (Wildman–Crippen LogP) is -2.69. The van der Waals surface area contributed by atoms with Crippen LogP contribution in [-0.2, 0) is 35.2 Å². The third-order valence-corrected chi connectivity index (χ3v) is 5.57. The van der Waals surface area contributed by atoms with Crippen molar-refractivity contribution < 1.29 is 44.1 Å². The number of amides is 4. The first-order chi connectivity index (χ1) is 17.9. The molecule has 15 nitrogen and oxygen atoms in total. The van der Waals surface area contributed by atoms with Crippen molar-refractivity contribution in [3.63, 3.8) is 0 Å². The minimum Gasteiger partial charge on any atom is -0.481 e.